The van der Waals surface area contributed by atoms with Gasteiger partial charge in [-0.3, -0.25) is 0 Å². The Morgan fingerprint density at radius 1 is 0.897 bits per heavy atom. The van der Waals surface area contributed by atoms with Gasteiger partial charge in [0, 0.05) is 29.5 Å². The van der Waals surface area contributed by atoms with Crippen LogP contribution in [0.3, 0.4) is 0 Å². The molecule has 0 spiro atoms. The van der Waals surface area contributed by atoms with E-state index in [2.05, 4.69) is 30.5 Å². The summed E-state index contributed by atoms with van der Waals surface area (Å²) in [6.45, 7) is 1.85. The highest BCUT2D eigenvalue weighted by Gasteiger charge is 2.18. The van der Waals surface area contributed by atoms with E-state index in [1.807, 2.05) is 30.3 Å². The van der Waals surface area contributed by atoms with Gasteiger partial charge in [0.2, 0.25) is 17.8 Å². The summed E-state index contributed by atoms with van der Waals surface area (Å²) in [5.74, 6) is 2.09. The molecule has 1 aliphatic heterocycles. The molecule has 29 heavy (non-hydrogen) atoms. The molecule has 0 atom stereocenters. The minimum absolute atomic E-state index is 0.424. The molecular formula is C20H20Cl2N6O. The van der Waals surface area contributed by atoms with E-state index in [4.69, 9.17) is 27.9 Å². The predicted octanol–water partition coefficient (Wildman–Crippen LogP) is 5.27. The van der Waals surface area contributed by atoms with Gasteiger partial charge >= 0.3 is 0 Å². The molecule has 4 rings (SSSR count). The SMILES string of the molecule is COc1ccc(Nc2nc(Nc3cccc(Cl)c3)nc(N3CCCC3)n2)cc1Cl. The Morgan fingerprint density at radius 2 is 1.59 bits per heavy atom. The van der Waals surface area contributed by atoms with Crippen molar-refractivity contribution in [1.29, 1.82) is 0 Å². The zero-order valence-electron chi connectivity index (χ0n) is 15.8. The van der Waals surface area contributed by atoms with E-state index in [-0.39, 0.29) is 0 Å². The summed E-state index contributed by atoms with van der Waals surface area (Å²) >= 11 is 12.3. The van der Waals surface area contributed by atoms with Gasteiger partial charge in [-0.1, -0.05) is 29.3 Å². The maximum absolute atomic E-state index is 6.23. The van der Waals surface area contributed by atoms with Crippen LogP contribution in [-0.2, 0) is 0 Å². The molecule has 0 bridgehead atoms. The van der Waals surface area contributed by atoms with Crippen LogP contribution in [0.1, 0.15) is 12.8 Å². The molecule has 1 aliphatic rings. The maximum atomic E-state index is 6.23. The molecule has 2 N–H and O–H groups in total. The Bertz CT molecular complexity index is 1010. The Kier molecular flexibility index (Phi) is 5.87. The minimum Gasteiger partial charge on any atom is -0.495 e. The second-order valence-corrected chi connectivity index (χ2v) is 7.43. The number of nitrogens with zero attached hydrogens (tertiary/aromatic N) is 4. The van der Waals surface area contributed by atoms with Crippen LogP contribution in [0.2, 0.25) is 10.0 Å². The summed E-state index contributed by atoms with van der Waals surface area (Å²) in [4.78, 5) is 15.8. The van der Waals surface area contributed by atoms with Crippen molar-refractivity contribution in [2.24, 2.45) is 0 Å². The fourth-order valence-electron chi connectivity index (χ4n) is 3.10. The lowest BCUT2D eigenvalue weighted by atomic mass is 10.3. The molecule has 3 aromatic rings. The smallest absolute Gasteiger partial charge is 0.233 e. The van der Waals surface area contributed by atoms with Crippen LogP contribution in [0.4, 0.5) is 29.2 Å². The van der Waals surface area contributed by atoms with Gasteiger partial charge in [-0.2, -0.15) is 15.0 Å². The van der Waals surface area contributed by atoms with Gasteiger partial charge in [-0.15, -0.1) is 0 Å². The van der Waals surface area contributed by atoms with E-state index in [0.717, 1.165) is 37.3 Å². The summed E-state index contributed by atoms with van der Waals surface area (Å²) < 4.78 is 5.20. The Hall–Kier alpha value is -2.77. The Labute approximate surface area is 179 Å². The summed E-state index contributed by atoms with van der Waals surface area (Å²) in [6.07, 6.45) is 2.25. The summed E-state index contributed by atoms with van der Waals surface area (Å²) in [5, 5.41) is 7.55. The highest BCUT2D eigenvalue weighted by Crippen LogP contribution is 2.29. The summed E-state index contributed by atoms with van der Waals surface area (Å²) in [5.41, 5.74) is 1.55. The van der Waals surface area contributed by atoms with E-state index in [1.165, 1.54) is 0 Å². The number of methoxy groups -OCH3 is 1. The first-order valence-electron chi connectivity index (χ1n) is 9.25. The molecular weight excluding hydrogens is 411 g/mol. The van der Waals surface area contributed by atoms with Crippen molar-refractivity contribution in [1.82, 2.24) is 15.0 Å². The van der Waals surface area contributed by atoms with Gasteiger partial charge in [-0.25, -0.2) is 0 Å². The van der Waals surface area contributed by atoms with E-state index in [0.29, 0.717) is 33.6 Å². The molecule has 0 aliphatic carbocycles. The lowest BCUT2D eigenvalue weighted by molar-refractivity contribution is 0.415. The largest absolute Gasteiger partial charge is 0.495 e. The third kappa shape index (κ3) is 4.81. The topological polar surface area (TPSA) is 75.2 Å². The molecule has 7 nitrogen and oxygen atoms in total. The van der Waals surface area contributed by atoms with Crippen molar-refractivity contribution >= 4 is 52.4 Å². The lowest BCUT2D eigenvalue weighted by Gasteiger charge is -2.17. The van der Waals surface area contributed by atoms with E-state index in [9.17, 15) is 0 Å². The van der Waals surface area contributed by atoms with Gasteiger partial charge in [0.1, 0.15) is 5.75 Å². The van der Waals surface area contributed by atoms with Gasteiger partial charge in [0.05, 0.1) is 12.1 Å². The third-order valence-electron chi connectivity index (χ3n) is 4.50. The average Bonchev–Trinajstić information content (AvgIpc) is 3.23. The molecule has 0 amide bonds. The Morgan fingerprint density at radius 3 is 2.21 bits per heavy atom. The number of nitrogens with one attached hydrogen (secondary N) is 2. The van der Waals surface area contributed by atoms with Gasteiger partial charge in [0.25, 0.3) is 0 Å². The number of benzene rings is 2. The quantitative estimate of drug-likeness (QED) is 0.550. The second kappa shape index (κ2) is 8.71. The zero-order chi connectivity index (χ0) is 20.2. The minimum atomic E-state index is 0.424. The van der Waals surface area contributed by atoms with Gasteiger partial charge < -0.3 is 20.3 Å². The highest BCUT2D eigenvalue weighted by molar-refractivity contribution is 6.32. The van der Waals surface area contributed by atoms with E-state index < -0.39 is 0 Å². The Balaban J connectivity index is 1.64. The first-order valence-corrected chi connectivity index (χ1v) is 10.0. The van der Waals surface area contributed by atoms with E-state index in [1.54, 1.807) is 19.2 Å². The van der Waals surface area contributed by atoms with E-state index >= 15 is 0 Å². The molecule has 0 radical (unpaired) electrons. The van der Waals surface area contributed by atoms with Crippen LogP contribution >= 0.6 is 23.2 Å². The number of hydrogen-bond acceptors (Lipinski definition) is 7. The van der Waals surface area contributed by atoms with Crippen molar-refractivity contribution in [2.45, 2.75) is 12.8 Å². The molecule has 2 heterocycles. The zero-order valence-corrected chi connectivity index (χ0v) is 17.3. The van der Waals surface area contributed by atoms with Crippen molar-refractivity contribution in [3.63, 3.8) is 0 Å². The standard InChI is InChI=1S/C20H20Cl2N6O/c1-29-17-8-7-15(12-16(17)22)24-19-25-18(23-14-6-4-5-13(21)11-14)26-20(27-19)28-9-2-3-10-28/h4-8,11-12H,2-3,9-10H2,1H3,(H2,23,24,25,26,27). The molecule has 1 aromatic heterocycles. The number of rotatable bonds is 6. The fraction of sp³-hybridized carbons (Fsp3) is 0.250. The van der Waals surface area contributed by atoms with Crippen LogP contribution in [0.15, 0.2) is 42.5 Å². The van der Waals surface area contributed by atoms with Gasteiger partial charge in [0.15, 0.2) is 0 Å². The number of hydrogen-bond donors (Lipinski definition) is 2. The van der Waals surface area contributed by atoms with Gasteiger partial charge in [-0.05, 0) is 49.2 Å². The molecule has 1 fully saturated rings. The van der Waals surface area contributed by atoms with Crippen LogP contribution in [0.5, 0.6) is 5.75 Å². The number of anilines is 5. The van der Waals surface area contributed by atoms with Crippen molar-refractivity contribution < 1.29 is 4.74 Å². The molecule has 2 aromatic carbocycles. The molecule has 0 unspecified atom stereocenters. The first kappa shape index (κ1) is 19.5. The normalized spacial score (nSPS) is 13.4. The molecule has 0 saturated carbocycles. The fourth-order valence-corrected chi connectivity index (χ4v) is 3.55. The highest BCUT2D eigenvalue weighted by atomic mass is 35.5. The molecule has 1 saturated heterocycles. The monoisotopic (exact) mass is 430 g/mol. The van der Waals surface area contributed by atoms with Crippen molar-refractivity contribution in [3.8, 4) is 5.75 Å². The maximum Gasteiger partial charge on any atom is 0.233 e. The number of ether oxygens (including phenoxy) is 1. The first-order chi connectivity index (χ1) is 14.1. The number of halogens is 2. The van der Waals surface area contributed by atoms with Crippen LogP contribution in [0, 0.1) is 0 Å². The van der Waals surface area contributed by atoms with Crippen LogP contribution in [0.25, 0.3) is 0 Å². The second-order valence-electron chi connectivity index (χ2n) is 6.59. The number of aromatic nitrogens is 3. The average molecular weight is 431 g/mol. The predicted molar refractivity (Wildman–Crippen MR) is 117 cm³/mol. The van der Waals surface area contributed by atoms with Crippen LogP contribution in [-0.4, -0.2) is 35.2 Å². The van der Waals surface area contributed by atoms with Crippen LogP contribution < -0.4 is 20.3 Å². The van der Waals surface area contributed by atoms with Crippen molar-refractivity contribution in [3.05, 3.63) is 52.5 Å². The summed E-state index contributed by atoms with van der Waals surface area (Å²) in [7, 11) is 1.58. The summed E-state index contributed by atoms with van der Waals surface area (Å²) in [6, 6.07) is 12.8. The van der Waals surface area contributed by atoms with Crippen molar-refractivity contribution in [2.75, 3.05) is 35.7 Å². The molecule has 9 heteroatoms. The molecule has 150 valence electrons. The third-order valence-corrected chi connectivity index (χ3v) is 5.03. The lowest BCUT2D eigenvalue weighted by Crippen LogP contribution is -2.21.